The van der Waals surface area contributed by atoms with Gasteiger partial charge in [-0.15, -0.1) is 0 Å². The number of rotatable bonds is 5. The van der Waals surface area contributed by atoms with Crippen molar-refractivity contribution < 1.29 is 23.1 Å². The van der Waals surface area contributed by atoms with E-state index in [4.69, 9.17) is 5.11 Å². The molecule has 2 rings (SSSR count). The van der Waals surface area contributed by atoms with Crippen LogP contribution in [0.3, 0.4) is 0 Å². The molecule has 1 aliphatic heterocycles. The monoisotopic (exact) mass is 340 g/mol. The van der Waals surface area contributed by atoms with Crippen LogP contribution < -0.4 is 4.72 Å². The molecule has 2 N–H and O–H groups in total. The van der Waals surface area contributed by atoms with Gasteiger partial charge in [0.25, 0.3) is 0 Å². The number of hydrogen-bond acceptors (Lipinski definition) is 4. The molecule has 7 nitrogen and oxygen atoms in total. The molecule has 126 valence electrons. The fraction of sp³-hybridized carbons (Fsp3) is 0.467. The van der Waals surface area contributed by atoms with E-state index in [2.05, 4.69) is 4.72 Å². The van der Waals surface area contributed by atoms with Gasteiger partial charge in [0.15, 0.2) is 0 Å². The molecule has 1 aliphatic rings. The first-order valence-corrected chi connectivity index (χ1v) is 8.83. The summed E-state index contributed by atoms with van der Waals surface area (Å²) in [5, 5.41) is 9.12. The van der Waals surface area contributed by atoms with Gasteiger partial charge < -0.3 is 10.0 Å². The van der Waals surface area contributed by atoms with E-state index in [-0.39, 0.29) is 4.90 Å². The molecule has 1 aromatic rings. The van der Waals surface area contributed by atoms with Gasteiger partial charge in [0.05, 0.1) is 10.9 Å². The highest BCUT2D eigenvalue weighted by molar-refractivity contribution is 7.89. The van der Waals surface area contributed by atoms with E-state index in [0.717, 1.165) is 5.56 Å². The topological polar surface area (TPSA) is 104 Å². The summed E-state index contributed by atoms with van der Waals surface area (Å²) in [5.74, 6) is -1.59. The Morgan fingerprint density at radius 2 is 1.91 bits per heavy atom. The number of benzene rings is 1. The number of nitrogens with zero attached hydrogens (tertiary/aromatic N) is 1. The molecule has 1 amide bonds. The van der Waals surface area contributed by atoms with Gasteiger partial charge in [-0.1, -0.05) is 17.7 Å². The quantitative estimate of drug-likeness (QED) is 0.823. The van der Waals surface area contributed by atoms with Crippen LogP contribution in [-0.4, -0.2) is 48.9 Å². The Kier molecular flexibility index (Phi) is 5.06. The van der Waals surface area contributed by atoms with Crippen LogP contribution in [0.15, 0.2) is 29.2 Å². The van der Waals surface area contributed by atoms with E-state index in [9.17, 15) is 18.0 Å². The number of carboxylic acid groups (broad SMARTS) is 1. The molecule has 0 unspecified atom stereocenters. The molecule has 0 aliphatic carbocycles. The first-order chi connectivity index (χ1) is 10.7. The zero-order chi connectivity index (χ0) is 17.2. The Labute approximate surface area is 135 Å². The predicted octanol–water partition coefficient (Wildman–Crippen LogP) is 0.737. The van der Waals surface area contributed by atoms with Crippen LogP contribution in [0.5, 0.6) is 0 Å². The van der Waals surface area contributed by atoms with Crippen molar-refractivity contribution in [1.82, 2.24) is 9.62 Å². The Morgan fingerprint density at radius 1 is 1.30 bits per heavy atom. The molecule has 0 radical (unpaired) electrons. The summed E-state index contributed by atoms with van der Waals surface area (Å²) in [6.07, 6.45) is 0.985. The molecule has 0 saturated carbocycles. The number of aryl methyl sites for hydroxylation is 1. The van der Waals surface area contributed by atoms with Gasteiger partial charge in [0.1, 0.15) is 6.04 Å². The highest BCUT2D eigenvalue weighted by atomic mass is 32.2. The van der Waals surface area contributed by atoms with Crippen molar-refractivity contribution in [3.05, 3.63) is 29.8 Å². The molecule has 1 heterocycles. The van der Waals surface area contributed by atoms with Gasteiger partial charge in [-0.25, -0.2) is 13.2 Å². The smallest absolute Gasteiger partial charge is 0.326 e. The number of sulfonamides is 1. The molecule has 1 saturated heterocycles. The average molecular weight is 340 g/mol. The maximum Gasteiger partial charge on any atom is 0.326 e. The highest BCUT2D eigenvalue weighted by Crippen LogP contribution is 2.19. The summed E-state index contributed by atoms with van der Waals surface area (Å²) in [6.45, 7) is 3.59. The van der Waals surface area contributed by atoms with E-state index in [1.54, 1.807) is 12.1 Å². The molecule has 0 bridgehead atoms. The lowest BCUT2D eigenvalue weighted by atomic mass is 10.2. The Hall–Kier alpha value is -1.93. The number of likely N-dealkylation sites (tertiary alicyclic amines) is 1. The SMILES string of the molecule is Cc1ccc(S(=O)(=O)N[C@@H](C)C(=O)N2CCC[C@H]2C(=O)O)cc1. The van der Waals surface area contributed by atoms with E-state index in [0.29, 0.717) is 19.4 Å². The average Bonchev–Trinajstić information content (AvgIpc) is 2.96. The van der Waals surface area contributed by atoms with Gasteiger partial charge in [-0.3, -0.25) is 4.79 Å². The van der Waals surface area contributed by atoms with Crippen LogP contribution in [0.4, 0.5) is 0 Å². The largest absolute Gasteiger partial charge is 0.480 e. The summed E-state index contributed by atoms with van der Waals surface area (Å²) in [5.41, 5.74) is 0.925. The lowest BCUT2D eigenvalue weighted by molar-refractivity contribution is -0.148. The number of carboxylic acids is 1. The second-order valence-electron chi connectivity index (χ2n) is 5.68. The number of hydrogen-bond donors (Lipinski definition) is 2. The lowest BCUT2D eigenvalue weighted by Crippen LogP contribution is -2.50. The van der Waals surface area contributed by atoms with Crippen molar-refractivity contribution in [1.29, 1.82) is 0 Å². The van der Waals surface area contributed by atoms with E-state index >= 15 is 0 Å². The minimum Gasteiger partial charge on any atom is -0.480 e. The van der Waals surface area contributed by atoms with Gasteiger partial charge in [0.2, 0.25) is 15.9 Å². The van der Waals surface area contributed by atoms with E-state index in [1.807, 2.05) is 6.92 Å². The first-order valence-electron chi connectivity index (χ1n) is 7.34. The molecule has 23 heavy (non-hydrogen) atoms. The van der Waals surface area contributed by atoms with Gasteiger partial charge in [-0.05, 0) is 38.8 Å². The van der Waals surface area contributed by atoms with Crippen LogP contribution >= 0.6 is 0 Å². The van der Waals surface area contributed by atoms with Crippen molar-refractivity contribution in [2.24, 2.45) is 0 Å². The predicted molar refractivity (Wildman–Crippen MR) is 83.3 cm³/mol. The summed E-state index contributed by atoms with van der Waals surface area (Å²) in [6, 6.07) is 4.36. The lowest BCUT2D eigenvalue weighted by Gasteiger charge is -2.25. The van der Waals surface area contributed by atoms with Crippen molar-refractivity contribution in [3.63, 3.8) is 0 Å². The van der Waals surface area contributed by atoms with E-state index in [1.165, 1.54) is 24.0 Å². The second kappa shape index (κ2) is 6.67. The molecule has 8 heteroatoms. The van der Waals surface area contributed by atoms with Crippen molar-refractivity contribution in [2.75, 3.05) is 6.54 Å². The third kappa shape index (κ3) is 3.89. The fourth-order valence-corrected chi connectivity index (χ4v) is 3.80. The number of carbonyl (C=O) groups is 2. The summed E-state index contributed by atoms with van der Waals surface area (Å²) in [7, 11) is -3.83. The minimum atomic E-state index is -3.83. The number of amides is 1. The third-order valence-electron chi connectivity index (χ3n) is 3.85. The van der Waals surface area contributed by atoms with Gasteiger partial charge >= 0.3 is 5.97 Å². The molecule has 0 aromatic heterocycles. The summed E-state index contributed by atoms with van der Waals surface area (Å²) >= 11 is 0. The summed E-state index contributed by atoms with van der Waals surface area (Å²) < 4.78 is 26.9. The highest BCUT2D eigenvalue weighted by Gasteiger charge is 2.36. The fourth-order valence-electron chi connectivity index (χ4n) is 2.60. The normalized spacial score (nSPS) is 19.6. The maximum atomic E-state index is 12.4. The second-order valence-corrected chi connectivity index (χ2v) is 7.40. The van der Waals surface area contributed by atoms with Crippen molar-refractivity contribution in [3.8, 4) is 0 Å². The zero-order valence-electron chi connectivity index (χ0n) is 13.0. The molecule has 2 atom stereocenters. The molecule has 1 aromatic carbocycles. The molecule has 0 spiro atoms. The van der Waals surface area contributed by atoms with Crippen LogP contribution in [0.2, 0.25) is 0 Å². The Bertz CT molecular complexity index is 699. The molecular weight excluding hydrogens is 320 g/mol. The Morgan fingerprint density at radius 3 is 2.48 bits per heavy atom. The number of nitrogens with one attached hydrogen (secondary N) is 1. The van der Waals surface area contributed by atoms with Crippen LogP contribution in [0.1, 0.15) is 25.3 Å². The minimum absolute atomic E-state index is 0.0685. The van der Waals surface area contributed by atoms with Gasteiger partial charge in [0, 0.05) is 6.54 Å². The van der Waals surface area contributed by atoms with Gasteiger partial charge in [-0.2, -0.15) is 4.72 Å². The summed E-state index contributed by atoms with van der Waals surface area (Å²) in [4.78, 5) is 24.8. The van der Waals surface area contributed by atoms with E-state index < -0.39 is 34.0 Å². The zero-order valence-corrected chi connectivity index (χ0v) is 13.8. The Balaban J connectivity index is 2.11. The standard InChI is InChI=1S/C15H20N2O5S/c1-10-5-7-12(8-6-10)23(21,22)16-11(2)14(18)17-9-3-4-13(17)15(19)20/h5-8,11,13,16H,3-4,9H2,1-2H3,(H,19,20)/t11-,13-/m0/s1. The van der Waals surface area contributed by atoms with Crippen molar-refractivity contribution in [2.45, 2.75) is 43.7 Å². The maximum absolute atomic E-state index is 12.4. The van der Waals surface area contributed by atoms with Crippen molar-refractivity contribution >= 4 is 21.9 Å². The third-order valence-corrected chi connectivity index (χ3v) is 5.41. The number of aliphatic carboxylic acids is 1. The van der Waals surface area contributed by atoms with Crippen LogP contribution in [0, 0.1) is 6.92 Å². The molecule has 1 fully saturated rings. The first kappa shape index (κ1) is 17.4. The molecular formula is C15H20N2O5S. The number of carbonyl (C=O) groups excluding carboxylic acids is 1. The van der Waals surface area contributed by atoms with Crippen LogP contribution in [-0.2, 0) is 19.6 Å². The van der Waals surface area contributed by atoms with Crippen LogP contribution in [0.25, 0.3) is 0 Å².